The lowest BCUT2D eigenvalue weighted by molar-refractivity contribution is 0.0367. The van der Waals surface area contributed by atoms with Gasteiger partial charge in [0.05, 0.1) is 12.3 Å². The minimum Gasteiger partial charge on any atom is -0.376 e. The number of hydrogen-bond acceptors (Lipinski definition) is 4. The number of ether oxygens (including phenoxy) is 1. The van der Waals surface area contributed by atoms with Crippen LogP contribution in [0.15, 0.2) is 18.6 Å². The van der Waals surface area contributed by atoms with E-state index in [-0.39, 0.29) is 0 Å². The zero-order valence-corrected chi connectivity index (χ0v) is 10.1. The van der Waals surface area contributed by atoms with E-state index in [9.17, 15) is 0 Å². The highest BCUT2D eigenvalue weighted by Gasteiger charge is 2.26. The molecule has 92 valence electrons. The standard InChI is InChI=1S/C13H19N3O/c1-2-12(17-10-11-3-4-11)9-16(7-1)13-8-14-5-6-15-13/h5-6,8,11-12H,1-4,7,9-10H2/t12-/m1/s1. The number of nitrogens with zero attached hydrogens (tertiary/aromatic N) is 3. The highest BCUT2D eigenvalue weighted by atomic mass is 16.5. The first-order valence-corrected chi connectivity index (χ1v) is 6.54. The van der Waals surface area contributed by atoms with E-state index in [1.165, 1.54) is 25.7 Å². The van der Waals surface area contributed by atoms with E-state index in [4.69, 9.17) is 4.74 Å². The Kier molecular flexibility index (Phi) is 3.22. The molecule has 0 radical (unpaired) electrons. The SMILES string of the molecule is c1cnc(N2CCC[C@@H](OCC3CC3)C2)cn1. The number of hydrogen-bond donors (Lipinski definition) is 0. The third-order valence-electron chi connectivity index (χ3n) is 3.52. The van der Waals surface area contributed by atoms with Gasteiger partial charge in [0.2, 0.25) is 0 Å². The molecule has 0 spiro atoms. The van der Waals surface area contributed by atoms with Crippen LogP contribution in [0, 0.1) is 5.92 Å². The van der Waals surface area contributed by atoms with E-state index in [0.29, 0.717) is 6.10 Å². The fourth-order valence-electron chi connectivity index (χ4n) is 2.29. The first-order chi connectivity index (χ1) is 8.42. The van der Waals surface area contributed by atoms with Crippen molar-refractivity contribution in [2.75, 3.05) is 24.6 Å². The summed E-state index contributed by atoms with van der Waals surface area (Å²) in [7, 11) is 0. The predicted molar refractivity (Wildman–Crippen MR) is 65.9 cm³/mol. The third-order valence-corrected chi connectivity index (χ3v) is 3.52. The Hall–Kier alpha value is -1.16. The van der Waals surface area contributed by atoms with E-state index < -0.39 is 0 Å². The molecule has 1 aromatic heterocycles. The summed E-state index contributed by atoms with van der Waals surface area (Å²) in [6.07, 6.45) is 10.8. The van der Waals surface area contributed by atoms with Gasteiger partial charge in [-0.25, -0.2) is 4.98 Å². The van der Waals surface area contributed by atoms with Crippen molar-refractivity contribution in [1.29, 1.82) is 0 Å². The van der Waals surface area contributed by atoms with Crippen LogP contribution >= 0.6 is 0 Å². The summed E-state index contributed by atoms with van der Waals surface area (Å²) in [5.74, 6) is 1.83. The monoisotopic (exact) mass is 233 g/mol. The largest absolute Gasteiger partial charge is 0.376 e. The van der Waals surface area contributed by atoms with Crippen LogP contribution < -0.4 is 4.90 Å². The van der Waals surface area contributed by atoms with Crippen LogP contribution in [0.1, 0.15) is 25.7 Å². The molecule has 17 heavy (non-hydrogen) atoms. The second-order valence-corrected chi connectivity index (χ2v) is 5.05. The maximum atomic E-state index is 5.97. The maximum Gasteiger partial charge on any atom is 0.147 e. The molecule has 1 aliphatic carbocycles. The summed E-state index contributed by atoms with van der Waals surface area (Å²) < 4.78 is 5.97. The molecule has 0 aromatic carbocycles. The smallest absolute Gasteiger partial charge is 0.147 e. The fourth-order valence-corrected chi connectivity index (χ4v) is 2.29. The van der Waals surface area contributed by atoms with E-state index in [0.717, 1.165) is 31.4 Å². The highest BCUT2D eigenvalue weighted by molar-refractivity contribution is 5.35. The molecule has 1 aliphatic heterocycles. The molecule has 2 aliphatic rings. The molecule has 2 heterocycles. The first kappa shape index (κ1) is 11.0. The van der Waals surface area contributed by atoms with Crippen molar-refractivity contribution in [3.63, 3.8) is 0 Å². The number of anilines is 1. The summed E-state index contributed by atoms with van der Waals surface area (Å²) in [5, 5.41) is 0. The zero-order chi connectivity index (χ0) is 11.5. The Morgan fingerprint density at radius 1 is 1.29 bits per heavy atom. The van der Waals surface area contributed by atoms with Gasteiger partial charge in [0, 0.05) is 32.1 Å². The second kappa shape index (κ2) is 5.00. The van der Waals surface area contributed by atoms with E-state index in [2.05, 4.69) is 14.9 Å². The summed E-state index contributed by atoms with van der Waals surface area (Å²) in [6.45, 7) is 2.99. The zero-order valence-electron chi connectivity index (χ0n) is 10.1. The summed E-state index contributed by atoms with van der Waals surface area (Å²) in [5.41, 5.74) is 0. The molecular formula is C13H19N3O. The van der Waals surface area contributed by atoms with Gasteiger partial charge < -0.3 is 9.64 Å². The Balaban J connectivity index is 1.55. The molecule has 0 N–H and O–H groups in total. The topological polar surface area (TPSA) is 38.2 Å². The quantitative estimate of drug-likeness (QED) is 0.795. The lowest BCUT2D eigenvalue weighted by Crippen LogP contribution is -2.40. The summed E-state index contributed by atoms with van der Waals surface area (Å²) >= 11 is 0. The molecule has 2 fully saturated rings. The fraction of sp³-hybridized carbons (Fsp3) is 0.692. The molecular weight excluding hydrogens is 214 g/mol. The lowest BCUT2D eigenvalue weighted by Gasteiger charge is -2.33. The van der Waals surface area contributed by atoms with Crippen LogP contribution in [0.2, 0.25) is 0 Å². The highest BCUT2D eigenvalue weighted by Crippen LogP contribution is 2.30. The van der Waals surface area contributed by atoms with E-state index in [1.807, 2.05) is 6.20 Å². The summed E-state index contributed by atoms with van der Waals surface area (Å²) in [4.78, 5) is 10.8. The van der Waals surface area contributed by atoms with Crippen LogP contribution in [0.25, 0.3) is 0 Å². The molecule has 4 nitrogen and oxygen atoms in total. The molecule has 1 saturated heterocycles. The van der Waals surface area contributed by atoms with Gasteiger partial charge in [0.1, 0.15) is 5.82 Å². The minimum absolute atomic E-state index is 0.381. The van der Waals surface area contributed by atoms with Gasteiger partial charge >= 0.3 is 0 Å². The maximum absolute atomic E-state index is 5.97. The van der Waals surface area contributed by atoms with Crippen LogP contribution in [0.3, 0.4) is 0 Å². The van der Waals surface area contributed by atoms with Crippen molar-refractivity contribution in [1.82, 2.24) is 9.97 Å². The van der Waals surface area contributed by atoms with E-state index in [1.54, 1.807) is 12.4 Å². The Morgan fingerprint density at radius 3 is 3.00 bits per heavy atom. The van der Waals surface area contributed by atoms with Crippen molar-refractivity contribution in [2.45, 2.75) is 31.8 Å². The Labute approximate surface area is 102 Å². The molecule has 1 saturated carbocycles. The van der Waals surface area contributed by atoms with Gasteiger partial charge in [0.15, 0.2) is 0 Å². The van der Waals surface area contributed by atoms with Gasteiger partial charge in [-0.1, -0.05) is 0 Å². The molecule has 1 atom stereocenters. The molecule has 3 rings (SSSR count). The van der Waals surface area contributed by atoms with Crippen molar-refractivity contribution in [3.8, 4) is 0 Å². The van der Waals surface area contributed by atoms with Gasteiger partial charge in [0.25, 0.3) is 0 Å². The molecule has 4 heteroatoms. The number of aromatic nitrogens is 2. The van der Waals surface area contributed by atoms with Crippen molar-refractivity contribution >= 4 is 5.82 Å². The lowest BCUT2D eigenvalue weighted by atomic mass is 10.1. The van der Waals surface area contributed by atoms with Crippen molar-refractivity contribution < 1.29 is 4.74 Å². The molecule has 0 bridgehead atoms. The Bertz CT molecular complexity index is 353. The summed E-state index contributed by atoms with van der Waals surface area (Å²) in [6, 6.07) is 0. The third kappa shape index (κ3) is 2.94. The van der Waals surface area contributed by atoms with Crippen LogP contribution in [-0.4, -0.2) is 35.8 Å². The Morgan fingerprint density at radius 2 is 2.24 bits per heavy atom. The molecule has 1 aromatic rings. The number of piperidine rings is 1. The molecule has 0 unspecified atom stereocenters. The average Bonchev–Trinajstić information content (AvgIpc) is 3.22. The van der Waals surface area contributed by atoms with Crippen LogP contribution in [-0.2, 0) is 4.74 Å². The first-order valence-electron chi connectivity index (χ1n) is 6.54. The van der Waals surface area contributed by atoms with Gasteiger partial charge in [-0.2, -0.15) is 0 Å². The second-order valence-electron chi connectivity index (χ2n) is 5.05. The normalized spacial score (nSPS) is 24.9. The van der Waals surface area contributed by atoms with Crippen molar-refractivity contribution in [2.24, 2.45) is 5.92 Å². The average molecular weight is 233 g/mol. The van der Waals surface area contributed by atoms with Gasteiger partial charge in [-0.05, 0) is 31.6 Å². The van der Waals surface area contributed by atoms with Crippen molar-refractivity contribution in [3.05, 3.63) is 18.6 Å². The van der Waals surface area contributed by atoms with Crippen LogP contribution in [0.5, 0.6) is 0 Å². The predicted octanol–water partition coefficient (Wildman–Crippen LogP) is 1.87. The van der Waals surface area contributed by atoms with Gasteiger partial charge in [-0.3, -0.25) is 4.98 Å². The number of rotatable bonds is 4. The van der Waals surface area contributed by atoms with Gasteiger partial charge in [-0.15, -0.1) is 0 Å². The minimum atomic E-state index is 0.381. The molecule has 0 amide bonds. The van der Waals surface area contributed by atoms with E-state index >= 15 is 0 Å². The van der Waals surface area contributed by atoms with Crippen LogP contribution in [0.4, 0.5) is 5.82 Å².